The highest BCUT2D eigenvalue weighted by atomic mass is 79.9. The van der Waals surface area contributed by atoms with Gasteiger partial charge in [0.15, 0.2) is 0 Å². The van der Waals surface area contributed by atoms with E-state index in [0.29, 0.717) is 12.1 Å². The van der Waals surface area contributed by atoms with Crippen molar-refractivity contribution in [2.75, 3.05) is 25.6 Å². The zero-order valence-electron chi connectivity index (χ0n) is 12.0. The van der Waals surface area contributed by atoms with Gasteiger partial charge in [0.05, 0.1) is 13.2 Å². The van der Waals surface area contributed by atoms with Crippen LogP contribution >= 0.6 is 15.9 Å². The van der Waals surface area contributed by atoms with Crippen LogP contribution in [-0.4, -0.2) is 20.7 Å². The molecule has 2 rings (SSSR count). The van der Waals surface area contributed by atoms with Gasteiger partial charge in [0.1, 0.15) is 11.6 Å². The van der Waals surface area contributed by atoms with Crippen molar-refractivity contribution in [2.45, 2.75) is 6.04 Å². The molecule has 0 saturated carbocycles. The Morgan fingerprint density at radius 3 is 2.71 bits per heavy atom. The lowest BCUT2D eigenvalue weighted by Gasteiger charge is -2.30. The molecule has 3 nitrogen and oxygen atoms in total. The van der Waals surface area contributed by atoms with Crippen molar-refractivity contribution < 1.29 is 9.13 Å². The van der Waals surface area contributed by atoms with E-state index in [1.807, 2.05) is 36.2 Å². The summed E-state index contributed by atoms with van der Waals surface area (Å²) in [6.07, 6.45) is 0. The van der Waals surface area contributed by atoms with E-state index in [1.54, 1.807) is 19.2 Å². The Morgan fingerprint density at radius 1 is 1.29 bits per heavy atom. The normalized spacial score (nSPS) is 12.0. The lowest BCUT2D eigenvalue weighted by Crippen LogP contribution is -2.31. The predicted molar refractivity (Wildman–Crippen MR) is 87.3 cm³/mol. The molecule has 0 aromatic heterocycles. The molecule has 0 amide bonds. The molecule has 21 heavy (non-hydrogen) atoms. The lowest BCUT2D eigenvalue weighted by atomic mass is 10.0. The van der Waals surface area contributed by atoms with Gasteiger partial charge >= 0.3 is 0 Å². The Bertz CT molecular complexity index is 621. The van der Waals surface area contributed by atoms with E-state index in [1.165, 1.54) is 6.07 Å². The number of anilines is 1. The first-order valence-corrected chi connectivity index (χ1v) is 7.38. The smallest absolute Gasteiger partial charge is 0.128 e. The number of nitrogens with zero attached hydrogens (tertiary/aromatic N) is 1. The van der Waals surface area contributed by atoms with Crippen molar-refractivity contribution >= 4 is 21.6 Å². The number of ether oxygens (including phenoxy) is 1. The minimum Gasteiger partial charge on any atom is -0.497 e. The van der Waals surface area contributed by atoms with E-state index < -0.39 is 0 Å². The highest BCUT2D eigenvalue weighted by molar-refractivity contribution is 9.10. The van der Waals surface area contributed by atoms with Crippen molar-refractivity contribution in [2.24, 2.45) is 5.73 Å². The van der Waals surface area contributed by atoms with Crippen molar-refractivity contribution in [1.29, 1.82) is 0 Å². The molecule has 0 spiro atoms. The fraction of sp³-hybridized carbons (Fsp3) is 0.250. The van der Waals surface area contributed by atoms with Gasteiger partial charge in [-0.25, -0.2) is 4.39 Å². The lowest BCUT2D eigenvalue weighted by molar-refractivity contribution is 0.414. The van der Waals surface area contributed by atoms with Crippen LogP contribution in [0.4, 0.5) is 10.1 Å². The van der Waals surface area contributed by atoms with Crippen LogP contribution in [0.1, 0.15) is 11.6 Å². The standard InChI is InChI=1S/C16H18BrFN2O/c1-20(12-4-3-5-13(9-12)21-2)16(10-19)14-8-11(17)6-7-15(14)18/h3-9,16H,10,19H2,1-2H3. The number of rotatable bonds is 5. The number of hydrogen-bond acceptors (Lipinski definition) is 3. The molecule has 112 valence electrons. The molecule has 0 aliphatic rings. The van der Waals surface area contributed by atoms with Gasteiger partial charge in [0.25, 0.3) is 0 Å². The highest BCUT2D eigenvalue weighted by Crippen LogP contribution is 2.30. The van der Waals surface area contributed by atoms with Crippen LogP contribution < -0.4 is 15.4 Å². The molecule has 0 bridgehead atoms. The second-order valence-electron chi connectivity index (χ2n) is 4.73. The van der Waals surface area contributed by atoms with E-state index in [0.717, 1.165) is 15.9 Å². The van der Waals surface area contributed by atoms with Gasteiger partial charge in [-0.1, -0.05) is 22.0 Å². The van der Waals surface area contributed by atoms with Gasteiger partial charge in [-0.15, -0.1) is 0 Å². The number of benzene rings is 2. The Hall–Kier alpha value is -1.59. The van der Waals surface area contributed by atoms with Crippen LogP contribution in [0.15, 0.2) is 46.9 Å². The van der Waals surface area contributed by atoms with Crippen LogP contribution in [0, 0.1) is 5.82 Å². The monoisotopic (exact) mass is 352 g/mol. The Morgan fingerprint density at radius 2 is 2.05 bits per heavy atom. The maximum absolute atomic E-state index is 14.1. The van der Waals surface area contributed by atoms with Gasteiger partial charge < -0.3 is 15.4 Å². The Balaban J connectivity index is 2.37. The van der Waals surface area contributed by atoms with Crippen molar-refractivity contribution in [3.05, 3.63) is 58.3 Å². The third-order valence-corrected chi connectivity index (χ3v) is 3.96. The predicted octanol–water partition coefficient (Wildman–Crippen LogP) is 3.73. The zero-order chi connectivity index (χ0) is 15.4. The van der Waals surface area contributed by atoms with Crippen molar-refractivity contribution in [3.63, 3.8) is 0 Å². The van der Waals surface area contributed by atoms with E-state index in [2.05, 4.69) is 15.9 Å². The second kappa shape index (κ2) is 6.91. The van der Waals surface area contributed by atoms with Gasteiger partial charge in [0.2, 0.25) is 0 Å². The molecule has 0 heterocycles. The highest BCUT2D eigenvalue weighted by Gasteiger charge is 2.20. The van der Waals surface area contributed by atoms with E-state index in [4.69, 9.17) is 10.5 Å². The minimum absolute atomic E-state index is 0.255. The fourth-order valence-electron chi connectivity index (χ4n) is 2.27. The molecule has 1 unspecified atom stereocenters. The first-order valence-electron chi connectivity index (χ1n) is 6.58. The topological polar surface area (TPSA) is 38.5 Å². The number of likely N-dealkylation sites (N-methyl/N-ethyl adjacent to an activating group) is 1. The summed E-state index contributed by atoms with van der Waals surface area (Å²) >= 11 is 3.38. The Labute approximate surface area is 132 Å². The maximum atomic E-state index is 14.1. The molecule has 0 fully saturated rings. The molecule has 0 saturated heterocycles. The van der Waals surface area contributed by atoms with Crippen LogP contribution in [0.2, 0.25) is 0 Å². The summed E-state index contributed by atoms with van der Waals surface area (Å²) in [7, 11) is 3.51. The third-order valence-electron chi connectivity index (χ3n) is 3.47. The first kappa shape index (κ1) is 15.8. The number of nitrogens with two attached hydrogens (primary N) is 1. The maximum Gasteiger partial charge on any atom is 0.128 e. The summed E-state index contributed by atoms with van der Waals surface area (Å²) in [6, 6.07) is 12.3. The summed E-state index contributed by atoms with van der Waals surface area (Å²) in [4.78, 5) is 1.95. The summed E-state index contributed by atoms with van der Waals surface area (Å²) in [6.45, 7) is 0.307. The molecule has 0 aliphatic carbocycles. The fourth-order valence-corrected chi connectivity index (χ4v) is 2.65. The number of hydrogen-bond donors (Lipinski definition) is 1. The minimum atomic E-state index is -0.261. The van der Waals surface area contributed by atoms with E-state index in [-0.39, 0.29) is 11.9 Å². The average molecular weight is 353 g/mol. The van der Waals surface area contributed by atoms with Crippen LogP contribution in [0.25, 0.3) is 0 Å². The summed E-state index contributed by atoms with van der Waals surface area (Å²) in [5.41, 5.74) is 7.37. The van der Waals surface area contributed by atoms with Gasteiger partial charge in [-0.2, -0.15) is 0 Å². The molecule has 2 N–H and O–H groups in total. The molecule has 0 radical (unpaired) electrons. The first-order chi connectivity index (χ1) is 10.1. The van der Waals surface area contributed by atoms with Crippen molar-refractivity contribution in [1.82, 2.24) is 0 Å². The van der Waals surface area contributed by atoms with Gasteiger partial charge in [-0.05, 0) is 30.3 Å². The van der Waals surface area contributed by atoms with Crippen molar-refractivity contribution in [3.8, 4) is 5.75 Å². The number of methoxy groups -OCH3 is 1. The molecule has 2 aromatic rings. The van der Waals surface area contributed by atoms with E-state index in [9.17, 15) is 4.39 Å². The molecule has 2 aromatic carbocycles. The van der Waals surface area contributed by atoms with Gasteiger partial charge in [0, 0.05) is 35.4 Å². The SMILES string of the molecule is COc1cccc(N(C)C(CN)c2cc(Br)ccc2F)c1. The molecular formula is C16H18BrFN2O. The molecule has 0 aliphatic heterocycles. The Kier molecular flexibility index (Phi) is 5.20. The van der Waals surface area contributed by atoms with Gasteiger partial charge in [-0.3, -0.25) is 0 Å². The molecule has 1 atom stereocenters. The second-order valence-corrected chi connectivity index (χ2v) is 5.65. The van der Waals surface area contributed by atoms with Crippen LogP contribution in [0.5, 0.6) is 5.75 Å². The van der Waals surface area contributed by atoms with E-state index >= 15 is 0 Å². The van der Waals surface area contributed by atoms with Crippen LogP contribution in [0.3, 0.4) is 0 Å². The number of halogens is 2. The largest absolute Gasteiger partial charge is 0.497 e. The zero-order valence-corrected chi connectivity index (χ0v) is 13.6. The molecule has 5 heteroatoms. The quantitative estimate of drug-likeness (QED) is 0.890. The van der Waals surface area contributed by atoms with Crippen LogP contribution in [-0.2, 0) is 0 Å². The summed E-state index contributed by atoms with van der Waals surface area (Å²) in [5.74, 6) is 0.494. The third kappa shape index (κ3) is 3.54. The average Bonchev–Trinajstić information content (AvgIpc) is 2.51. The molecular weight excluding hydrogens is 335 g/mol. The summed E-state index contributed by atoms with van der Waals surface area (Å²) in [5, 5.41) is 0. The summed E-state index contributed by atoms with van der Waals surface area (Å²) < 4.78 is 20.2.